The molecular weight excluding hydrogens is 456 g/mol. The van der Waals surface area contributed by atoms with Crippen molar-refractivity contribution in [3.8, 4) is 0 Å². The van der Waals surface area contributed by atoms with Crippen LogP contribution in [-0.2, 0) is 10.8 Å². The molecule has 0 aliphatic carbocycles. The molecule has 38 heavy (non-hydrogen) atoms. The fourth-order valence-corrected chi connectivity index (χ4v) is 6.99. The van der Waals surface area contributed by atoms with Gasteiger partial charge in [0.25, 0.3) is 0 Å². The van der Waals surface area contributed by atoms with Gasteiger partial charge in [0.15, 0.2) is 0 Å². The van der Waals surface area contributed by atoms with Crippen molar-refractivity contribution >= 4 is 75.4 Å². The normalized spacial score (nSPS) is 13.5. The van der Waals surface area contributed by atoms with Crippen LogP contribution in [0.4, 0.5) is 0 Å². The summed E-state index contributed by atoms with van der Waals surface area (Å²) < 4.78 is 0. The van der Waals surface area contributed by atoms with E-state index in [0.29, 0.717) is 0 Å². The van der Waals surface area contributed by atoms with E-state index in [9.17, 15) is 0 Å². The summed E-state index contributed by atoms with van der Waals surface area (Å²) in [4.78, 5) is 0. The van der Waals surface area contributed by atoms with Crippen LogP contribution in [0.3, 0.4) is 0 Å². The summed E-state index contributed by atoms with van der Waals surface area (Å²) in [5, 5.41) is 19.3. The van der Waals surface area contributed by atoms with Crippen LogP contribution in [0.5, 0.6) is 0 Å². The molecule has 0 radical (unpaired) electrons. The summed E-state index contributed by atoms with van der Waals surface area (Å²) in [6, 6.07) is 33.0. The average molecular weight is 489 g/mol. The third kappa shape index (κ3) is 2.76. The largest absolute Gasteiger partial charge is 0.0610 e. The van der Waals surface area contributed by atoms with E-state index >= 15 is 0 Å². The van der Waals surface area contributed by atoms with Crippen LogP contribution in [0.25, 0.3) is 75.4 Å². The van der Waals surface area contributed by atoms with E-state index in [-0.39, 0.29) is 10.8 Å². The minimum Gasteiger partial charge on any atom is -0.0610 e. The molecule has 0 unspecified atom stereocenters. The van der Waals surface area contributed by atoms with Gasteiger partial charge >= 0.3 is 0 Å². The molecule has 184 valence electrons. The Hall–Kier alpha value is -3.90. The maximum absolute atomic E-state index is 2.50. The molecule has 0 fully saturated rings. The molecule has 0 heterocycles. The molecule has 8 aromatic carbocycles. The van der Waals surface area contributed by atoms with Gasteiger partial charge in [-0.3, -0.25) is 0 Å². The first kappa shape index (κ1) is 22.1. The van der Waals surface area contributed by atoms with Crippen LogP contribution in [0.2, 0.25) is 0 Å². The van der Waals surface area contributed by atoms with Gasteiger partial charge in [0.2, 0.25) is 0 Å². The third-order valence-corrected chi connectivity index (χ3v) is 8.98. The molecule has 0 aliphatic rings. The van der Waals surface area contributed by atoms with Crippen molar-refractivity contribution in [1.82, 2.24) is 0 Å². The summed E-state index contributed by atoms with van der Waals surface area (Å²) in [6.45, 7) is 14.0. The molecule has 0 aromatic heterocycles. The fourth-order valence-electron chi connectivity index (χ4n) is 6.99. The second kappa shape index (κ2) is 6.94. The molecule has 0 saturated carbocycles. The van der Waals surface area contributed by atoms with Gasteiger partial charge in [0, 0.05) is 0 Å². The highest BCUT2D eigenvalue weighted by Crippen LogP contribution is 2.50. The quantitative estimate of drug-likeness (QED) is 0.147. The molecule has 0 spiro atoms. The van der Waals surface area contributed by atoms with E-state index < -0.39 is 0 Å². The van der Waals surface area contributed by atoms with Crippen molar-refractivity contribution in [2.24, 2.45) is 0 Å². The van der Waals surface area contributed by atoms with E-state index in [0.717, 1.165) is 0 Å². The van der Waals surface area contributed by atoms with E-state index in [1.807, 2.05) is 0 Å². The average Bonchev–Trinajstić information content (AvgIpc) is 2.89. The lowest BCUT2D eigenvalue weighted by atomic mass is 9.78. The van der Waals surface area contributed by atoms with Crippen molar-refractivity contribution in [3.05, 3.63) is 96.1 Å². The number of rotatable bonds is 0. The smallest absolute Gasteiger partial charge is 0.00133 e. The minimum absolute atomic E-state index is 0.0648. The van der Waals surface area contributed by atoms with Gasteiger partial charge in [-0.2, -0.15) is 0 Å². The van der Waals surface area contributed by atoms with Gasteiger partial charge < -0.3 is 0 Å². The molecule has 0 nitrogen and oxygen atoms in total. The summed E-state index contributed by atoms with van der Waals surface area (Å²) in [6.07, 6.45) is 0. The Labute approximate surface area is 223 Å². The van der Waals surface area contributed by atoms with Gasteiger partial charge in [0.1, 0.15) is 0 Å². The van der Waals surface area contributed by atoms with Gasteiger partial charge in [-0.25, -0.2) is 0 Å². The third-order valence-electron chi connectivity index (χ3n) is 8.98. The van der Waals surface area contributed by atoms with E-state index in [2.05, 4.69) is 126 Å². The zero-order chi connectivity index (χ0) is 26.1. The zero-order valence-electron chi connectivity index (χ0n) is 23.1. The van der Waals surface area contributed by atoms with Crippen LogP contribution >= 0.6 is 0 Å². The van der Waals surface area contributed by atoms with Crippen LogP contribution in [-0.4, -0.2) is 0 Å². The Morgan fingerprint density at radius 3 is 1.11 bits per heavy atom. The molecule has 8 aromatic rings. The van der Waals surface area contributed by atoms with Gasteiger partial charge in [-0.05, 0) is 109 Å². The van der Waals surface area contributed by atoms with Crippen molar-refractivity contribution in [2.75, 3.05) is 0 Å². The Balaban J connectivity index is 1.81. The number of benzene rings is 8. The minimum atomic E-state index is 0.0648. The predicted molar refractivity (Wildman–Crippen MR) is 169 cm³/mol. The van der Waals surface area contributed by atoms with Crippen molar-refractivity contribution in [3.63, 3.8) is 0 Å². The molecule has 0 atom stereocenters. The Morgan fingerprint density at radius 1 is 0.342 bits per heavy atom. The van der Waals surface area contributed by atoms with Crippen molar-refractivity contribution in [1.29, 1.82) is 0 Å². The highest BCUT2D eigenvalue weighted by atomic mass is 14.3. The fraction of sp³-hybridized carbons (Fsp3) is 0.211. The molecule has 8 rings (SSSR count). The van der Waals surface area contributed by atoms with Crippen LogP contribution in [0.1, 0.15) is 52.7 Å². The first-order valence-corrected chi connectivity index (χ1v) is 13.9. The van der Waals surface area contributed by atoms with Gasteiger partial charge in [0.05, 0.1) is 0 Å². The molecule has 0 bridgehead atoms. The van der Waals surface area contributed by atoms with Crippen LogP contribution < -0.4 is 0 Å². The summed E-state index contributed by atoms with van der Waals surface area (Å²) >= 11 is 0. The van der Waals surface area contributed by atoms with E-state index in [1.54, 1.807) is 0 Å². The van der Waals surface area contributed by atoms with Crippen molar-refractivity contribution in [2.45, 2.75) is 52.4 Å². The van der Waals surface area contributed by atoms with E-state index in [1.165, 1.54) is 86.5 Å². The maximum Gasteiger partial charge on any atom is -0.00133 e. The standard InChI is InChI=1S/C38H32/c1-37(2,3)25-17-23-15-13-21-9-8-12-28-31(21)33(23)29(19-25)35-27-11-7-10-22-14-16-24-18-26(38(4,5)6)20-30(36(28)35)34(24)32(22)27/h7-20H,1-6H3. The SMILES string of the molecule is CC(C)(C)c1cc2ccc3cccc4c3c2c(c1)c1c2cccc3ccc5cc(C(C)(C)C)cc(c5c32)c41. The lowest BCUT2D eigenvalue weighted by Crippen LogP contribution is -2.11. The lowest BCUT2D eigenvalue weighted by Gasteiger charge is -2.25. The predicted octanol–water partition coefficient (Wildman–Crippen LogP) is 11.2. The maximum atomic E-state index is 2.50. The molecule has 0 heteroatoms. The van der Waals surface area contributed by atoms with Gasteiger partial charge in [-0.1, -0.05) is 114 Å². The second-order valence-electron chi connectivity index (χ2n) is 13.4. The summed E-state index contributed by atoms with van der Waals surface area (Å²) in [5.41, 5.74) is 2.92. The first-order chi connectivity index (χ1) is 18.1. The first-order valence-electron chi connectivity index (χ1n) is 13.9. The molecular formula is C38H32. The highest BCUT2D eigenvalue weighted by Gasteiger charge is 2.24. The Bertz CT molecular complexity index is 2070. The van der Waals surface area contributed by atoms with E-state index in [4.69, 9.17) is 0 Å². The molecule has 0 N–H and O–H groups in total. The highest BCUT2D eigenvalue weighted by molar-refractivity contribution is 6.45. The summed E-state index contributed by atoms with van der Waals surface area (Å²) in [7, 11) is 0. The monoisotopic (exact) mass is 488 g/mol. The van der Waals surface area contributed by atoms with Crippen LogP contribution in [0, 0.1) is 0 Å². The number of fused-ring (bicyclic) bond motifs is 5. The molecule has 0 saturated heterocycles. The summed E-state index contributed by atoms with van der Waals surface area (Å²) in [5.74, 6) is 0. The van der Waals surface area contributed by atoms with Gasteiger partial charge in [-0.15, -0.1) is 0 Å². The number of hydrogen-bond acceptors (Lipinski definition) is 0. The van der Waals surface area contributed by atoms with Crippen LogP contribution in [0.15, 0.2) is 84.9 Å². The molecule has 0 amide bonds. The second-order valence-corrected chi connectivity index (χ2v) is 13.4. The molecule has 0 aliphatic heterocycles. The zero-order valence-corrected chi connectivity index (χ0v) is 23.1. The topological polar surface area (TPSA) is 0 Å². The van der Waals surface area contributed by atoms with Crippen molar-refractivity contribution < 1.29 is 0 Å². The lowest BCUT2D eigenvalue weighted by molar-refractivity contribution is 0.591. The number of hydrogen-bond donors (Lipinski definition) is 0. The Kier molecular flexibility index (Phi) is 4.04. The Morgan fingerprint density at radius 2 is 0.711 bits per heavy atom.